The molecule has 8 heteroatoms. The summed E-state index contributed by atoms with van der Waals surface area (Å²) in [5, 5.41) is 20.3. The Balaban J connectivity index is 1.92. The monoisotopic (exact) mass is 439 g/mol. The fourth-order valence-electron chi connectivity index (χ4n) is 3.17. The molecule has 3 aromatic rings. The van der Waals surface area contributed by atoms with Gasteiger partial charge < -0.3 is 20.9 Å². The Morgan fingerprint density at radius 1 is 1.12 bits per heavy atom. The molecule has 1 atom stereocenters. The molecule has 0 saturated heterocycles. The highest BCUT2D eigenvalue weighted by Gasteiger charge is 2.24. The fourth-order valence-corrected chi connectivity index (χ4v) is 3.17. The quantitative estimate of drug-likeness (QED) is 0.287. The number of anilines is 1. The molecule has 6 nitrogen and oxygen atoms in total. The van der Waals surface area contributed by atoms with Gasteiger partial charge in [-0.25, -0.2) is 13.6 Å². The van der Waals surface area contributed by atoms with Crippen molar-refractivity contribution in [2.24, 2.45) is 5.73 Å². The number of nitrogens with one attached hydrogen (secondary N) is 2. The Morgan fingerprint density at radius 3 is 2.47 bits per heavy atom. The minimum Gasteiger partial charge on any atom is -0.488 e. The van der Waals surface area contributed by atoms with Gasteiger partial charge >= 0.3 is 5.97 Å². The molecule has 0 fully saturated rings. The molecule has 32 heavy (non-hydrogen) atoms. The van der Waals surface area contributed by atoms with Gasteiger partial charge in [0.25, 0.3) is 0 Å². The average molecular weight is 439 g/mol. The number of benzene rings is 3. The van der Waals surface area contributed by atoms with E-state index in [9.17, 15) is 18.7 Å². The van der Waals surface area contributed by atoms with Crippen LogP contribution in [0.15, 0.2) is 60.7 Å². The number of carbonyl (C=O) groups is 1. The molecule has 0 aliphatic heterocycles. The van der Waals surface area contributed by atoms with E-state index in [0.717, 1.165) is 23.8 Å². The predicted octanol–water partition coefficient (Wildman–Crippen LogP) is 4.63. The van der Waals surface area contributed by atoms with Gasteiger partial charge in [-0.3, -0.25) is 5.41 Å². The number of amidine groups is 1. The summed E-state index contributed by atoms with van der Waals surface area (Å²) >= 11 is 0. The molecule has 0 spiro atoms. The highest BCUT2D eigenvalue weighted by molar-refractivity contribution is 5.95. The molecule has 3 rings (SSSR count). The number of rotatable bonds is 9. The van der Waals surface area contributed by atoms with Crippen molar-refractivity contribution in [1.29, 1.82) is 5.41 Å². The Kier molecular flexibility index (Phi) is 7.04. The number of ether oxygens (including phenoxy) is 1. The number of hydrogen-bond acceptors (Lipinski definition) is 4. The number of carboxylic acids is 1. The van der Waals surface area contributed by atoms with E-state index in [0.29, 0.717) is 23.2 Å². The van der Waals surface area contributed by atoms with Gasteiger partial charge in [0.05, 0.1) is 0 Å². The summed E-state index contributed by atoms with van der Waals surface area (Å²) in [7, 11) is 0. The first-order chi connectivity index (χ1) is 15.3. The van der Waals surface area contributed by atoms with Crippen LogP contribution >= 0.6 is 0 Å². The number of hydrogen-bond donors (Lipinski definition) is 4. The minimum atomic E-state index is -1.17. The number of carboxylic acid groups (broad SMARTS) is 1. The van der Waals surface area contributed by atoms with Gasteiger partial charge in [0, 0.05) is 22.4 Å². The highest BCUT2D eigenvalue weighted by atomic mass is 19.1. The normalized spacial score (nSPS) is 11.6. The lowest BCUT2D eigenvalue weighted by Crippen LogP contribution is -2.22. The van der Waals surface area contributed by atoms with Crippen LogP contribution in [-0.4, -0.2) is 16.9 Å². The number of halogens is 2. The summed E-state index contributed by atoms with van der Waals surface area (Å²) in [6, 6.07) is 13.5. The first kappa shape index (κ1) is 22.7. The SMILES string of the molecule is CCc1ccc(OCc2cc(F)ccc2F)c(C(Nc2ccc(C(=N)N)cc2)C(=O)O)c1. The zero-order valence-corrected chi connectivity index (χ0v) is 17.4. The van der Waals surface area contributed by atoms with Crippen molar-refractivity contribution in [3.63, 3.8) is 0 Å². The molecular formula is C24H23F2N3O3. The smallest absolute Gasteiger partial charge is 0.330 e. The summed E-state index contributed by atoms with van der Waals surface area (Å²) in [4.78, 5) is 12.1. The molecule has 1 unspecified atom stereocenters. The summed E-state index contributed by atoms with van der Waals surface area (Å²) in [6.07, 6.45) is 0.672. The number of aryl methyl sites for hydroxylation is 1. The largest absolute Gasteiger partial charge is 0.488 e. The first-order valence-electron chi connectivity index (χ1n) is 9.91. The number of aliphatic carboxylic acids is 1. The van der Waals surface area contributed by atoms with Gasteiger partial charge in [-0.15, -0.1) is 0 Å². The standard InChI is InChI=1S/C24H23F2N3O3/c1-2-14-3-10-21(32-13-16-12-17(25)6-9-20(16)26)19(11-14)22(24(30)31)29-18-7-4-15(5-8-18)23(27)28/h3-12,22,29H,2,13H2,1H3,(H3,27,28)(H,30,31). The van der Waals surface area contributed by atoms with E-state index in [1.165, 1.54) is 0 Å². The van der Waals surface area contributed by atoms with Crippen LogP contribution < -0.4 is 15.8 Å². The Labute approximate surface area is 184 Å². The van der Waals surface area contributed by atoms with Crippen LogP contribution in [-0.2, 0) is 17.8 Å². The lowest BCUT2D eigenvalue weighted by molar-refractivity contribution is -0.138. The number of nitrogen functional groups attached to an aromatic ring is 1. The highest BCUT2D eigenvalue weighted by Crippen LogP contribution is 2.31. The summed E-state index contributed by atoms with van der Waals surface area (Å²) in [6.45, 7) is 1.67. The van der Waals surface area contributed by atoms with E-state index >= 15 is 0 Å². The predicted molar refractivity (Wildman–Crippen MR) is 118 cm³/mol. The summed E-state index contributed by atoms with van der Waals surface area (Å²) < 4.78 is 33.2. The molecule has 0 radical (unpaired) electrons. The third kappa shape index (κ3) is 5.40. The van der Waals surface area contributed by atoms with Crippen LogP contribution in [0.3, 0.4) is 0 Å². The van der Waals surface area contributed by atoms with E-state index < -0.39 is 23.6 Å². The third-order valence-electron chi connectivity index (χ3n) is 4.94. The van der Waals surface area contributed by atoms with Crippen molar-refractivity contribution in [1.82, 2.24) is 0 Å². The van der Waals surface area contributed by atoms with E-state index in [1.54, 1.807) is 42.5 Å². The molecule has 0 aliphatic carbocycles. The third-order valence-corrected chi connectivity index (χ3v) is 4.94. The average Bonchev–Trinajstić information content (AvgIpc) is 2.78. The first-order valence-corrected chi connectivity index (χ1v) is 9.91. The molecule has 0 amide bonds. The molecule has 0 bridgehead atoms. The molecule has 3 aromatic carbocycles. The molecule has 166 valence electrons. The van der Waals surface area contributed by atoms with Gasteiger partial charge in [0.1, 0.15) is 29.8 Å². The van der Waals surface area contributed by atoms with Gasteiger partial charge in [-0.2, -0.15) is 0 Å². The van der Waals surface area contributed by atoms with Crippen LogP contribution in [0, 0.1) is 17.0 Å². The molecule has 0 aromatic heterocycles. The van der Waals surface area contributed by atoms with Crippen molar-refractivity contribution in [3.05, 3.63) is 94.6 Å². The van der Waals surface area contributed by atoms with Crippen molar-refractivity contribution >= 4 is 17.5 Å². The molecule has 0 aliphatic rings. The minimum absolute atomic E-state index is 0.0233. The van der Waals surface area contributed by atoms with E-state index in [-0.39, 0.29) is 23.8 Å². The van der Waals surface area contributed by atoms with Crippen LogP contribution in [0.4, 0.5) is 14.5 Å². The van der Waals surface area contributed by atoms with Crippen molar-refractivity contribution < 1.29 is 23.4 Å². The van der Waals surface area contributed by atoms with Gasteiger partial charge in [0.15, 0.2) is 6.04 Å². The fraction of sp³-hybridized carbons (Fsp3) is 0.167. The van der Waals surface area contributed by atoms with Gasteiger partial charge in [-0.05, 0) is 66.6 Å². The Hall–Kier alpha value is -3.94. The summed E-state index contributed by atoms with van der Waals surface area (Å²) in [5.41, 5.74) is 7.74. The molecule has 5 N–H and O–H groups in total. The van der Waals surface area contributed by atoms with E-state index in [2.05, 4.69) is 5.32 Å². The number of nitrogens with two attached hydrogens (primary N) is 1. The maximum Gasteiger partial charge on any atom is 0.330 e. The maximum atomic E-state index is 14.0. The van der Waals surface area contributed by atoms with Crippen molar-refractivity contribution in [2.45, 2.75) is 26.0 Å². The van der Waals surface area contributed by atoms with Crippen LogP contribution in [0.1, 0.15) is 35.2 Å². The zero-order chi connectivity index (χ0) is 23.3. The van der Waals surface area contributed by atoms with Crippen LogP contribution in [0.5, 0.6) is 5.75 Å². The molecule has 0 heterocycles. The van der Waals surface area contributed by atoms with Crippen molar-refractivity contribution in [3.8, 4) is 5.75 Å². The van der Waals surface area contributed by atoms with Gasteiger partial charge in [0.2, 0.25) is 0 Å². The molecule has 0 saturated carbocycles. The lowest BCUT2D eigenvalue weighted by Gasteiger charge is -2.21. The van der Waals surface area contributed by atoms with E-state index in [4.69, 9.17) is 15.9 Å². The van der Waals surface area contributed by atoms with Crippen LogP contribution in [0.2, 0.25) is 0 Å². The van der Waals surface area contributed by atoms with Crippen LogP contribution in [0.25, 0.3) is 0 Å². The molecular weight excluding hydrogens is 416 g/mol. The van der Waals surface area contributed by atoms with Crippen molar-refractivity contribution in [2.75, 3.05) is 5.32 Å². The topological polar surface area (TPSA) is 108 Å². The maximum absolute atomic E-state index is 14.0. The summed E-state index contributed by atoms with van der Waals surface area (Å²) in [5.74, 6) is -2.20. The Bertz CT molecular complexity index is 1130. The second-order valence-corrected chi connectivity index (χ2v) is 7.16. The van der Waals surface area contributed by atoms with Gasteiger partial charge in [-0.1, -0.05) is 13.0 Å². The second kappa shape index (κ2) is 9.91. The second-order valence-electron chi connectivity index (χ2n) is 7.16. The van der Waals surface area contributed by atoms with E-state index in [1.807, 2.05) is 6.92 Å². The lowest BCUT2D eigenvalue weighted by atomic mass is 10.0. The Morgan fingerprint density at radius 2 is 1.84 bits per heavy atom. The zero-order valence-electron chi connectivity index (χ0n) is 17.4.